The molecule has 212 valence electrons. The lowest BCUT2D eigenvalue weighted by Crippen LogP contribution is -2.29. The van der Waals surface area contributed by atoms with Crippen LogP contribution in [0.2, 0.25) is 0 Å². The van der Waals surface area contributed by atoms with E-state index in [4.69, 9.17) is 9.47 Å². The lowest BCUT2D eigenvalue weighted by atomic mass is 9.89. The van der Waals surface area contributed by atoms with Gasteiger partial charge in [-0.15, -0.1) is 0 Å². The Morgan fingerprint density at radius 3 is 1.21 bits per heavy atom. The number of anilines is 2. The Kier molecular flexibility index (Phi) is 7.41. The zero-order valence-corrected chi connectivity index (χ0v) is 23.2. The summed E-state index contributed by atoms with van der Waals surface area (Å²) in [5.74, 6) is 0.442. The molecule has 0 saturated heterocycles. The molecule has 0 fully saturated rings. The van der Waals surface area contributed by atoms with Crippen molar-refractivity contribution in [3.63, 3.8) is 0 Å². The molecular weight excluding hydrogens is 544 g/mol. The first-order valence-electron chi connectivity index (χ1n) is 13.8. The van der Waals surface area contributed by atoms with Crippen LogP contribution >= 0.6 is 0 Å². The third-order valence-electron chi connectivity index (χ3n) is 7.26. The van der Waals surface area contributed by atoms with Crippen LogP contribution in [0.4, 0.5) is 11.4 Å². The fraction of sp³-hybridized carbons (Fsp3) is 0.0857. The van der Waals surface area contributed by atoms with Gasteiger partial charge in [0.15, 0.2) is 11.5 Å². The van der Waals surface area contributed by atoms with Gasteiger partial charge in [-0.25, -0.2) is 9.80 Å². The van der Waals surface area contributed by atoms with Crippen LogP contribution in [-0.4, -0.2) is 23.6 Å². The number of hydrogen-bond donors (Lipinski definition) is 0. The van der Waals surface area contributed by atoms with Crippen LogP contribution in [0.5, 0.6) is 23.0 Å². The Morgan fingerprint density at radius 1 is 0.512 bits per heavy atom. The smallest absolute Gasteiger partial charge is 0.258 e. The average molecular weight is 571 g/mol. The van der Waals surface area contributed by atoms with E-state index in [1.807, 2.05) is 48.5 Å². The number of imide groups is 2. The van der Waals surface area contributed by atoms with Crippen LogP contribution in [0.1, 0.15) is 30.4 Å². The molecule has 0 bridgehead atoms. The number of hydrogen-bond acceptors (Lipinski definition) is 6. The van der Waals surface area contributed by atoms with E-state index < -0.39 is 23.6 Å². The minimum absolute atomic E-state index is 0.111. The van der Waals surface area contributed by atoms with Gasteiger partial charge in [0.25, 0.3) is 23.6 Å². The quantitative estimate of drug-likeness (QED) is 0.209. The van der Waals surface area contributed by atoms with Crippen molar-refractivity contribution in [1.82, 2.24) is 0 Å². The maximum atomic E-state index is 12.2. The molecule has 4 aromatic carbocycles. The highest BCUT2D eigenvalue weighted by Crippen LogP contribution is 2.37. The standard InChI is InChI=1S/C35H26N2O6/c1-2-27(23-11-15-25(16-12-23)42-30-9-5-3-7-28(30)36-32(38)19-20-33(36)39)24-13-17-26(18-14-24)43-31-10-6-4-8-29(31)37-34(40)21-22-35(37)41/h3-22,27H,2H2,1H3. The largest absolute Gasteiger partial charge is 0.455 e. The molecular formula is C35H26N2O6. The van der Waals surface area contributed by atoms with Crippen LogP contribution in [0.25, 0.3) is 0 Å². The van der Waals surface area contributed by atoms with E-state index in [0.29, 0.717) is 34.4 Å². The first-order chi connectivity index (χ1) is 20.9. The van der Waals surface area contributed by atoms with Crippen molar-refractivity contribution < 1.29 is 28.7 Å². The number of amides is 4. The monoisotopic (exact) mass is 570 g/mol. The van der Waals surface area contributed by atoms with Gasteiger partial charge in [-0.1, -0.05) is 55.5 Å². The molecule has 0 N–H and O–H groups in total. The Labute approximate surface area is 248 Å². The van der Waals surface area contributed by atoms with Gasteiger partial charge in [0.05, 0.1) is 11.4 Å². The zero-order chi connectivity index (χ0) is 29.9. The molecule has 2 aliphatic heterocycles. The number of carbonyl (C=O) groups is 4. The van der Waals surface area contributed by atoms with E-state index in [9.17, 15) is 19.2 Å². The van der Waals surface area contributed by atoms with Gasteiger partial charge in [0, 0.05) is 30.2 Å². The summed E-state index contributed by atoms with van der Waals surface area (Å²) < 4.78 is 12.2. The van der Waals surface area contributed by atoms with Gasteiger partial charge in [0.1, 0.15) is 11.5 Å². The van der Waals surface area contributed by atoms with E-state index in [0.717, 1.165) is 27.3 Å². The van der Waals surface area contributed by atoms with E-state index in [1.54, 1.807) is 48.5 Å². The van der Waals surface area contributed by atoms with Crippen molar-refractivity contribution >= 4 is 35.0 Å². The number of para-hydroxylation sites is 4. The predicted octanol–water partition coefficient (Wildman–Crippen LogP) is 6.67. The number of carbonyl (C=O) groups excluding carboxylic acids is 4. The number of nitrogens with zero attached hydrogens (tertiary/aromatic N) is 2. The van der Waals surface area contributed by atoms with E-state index >= 15 is 0 Å². The summed E-state index contributed by atoms with van der Waals surface area (Å²) >= 11 is 0. The van der Waals surface area contributed by atoms with Gasteiger partial charge >= 0.3 is 0 Å². The second-order valence-electron chi connectivity index (χ2n) is 9.93. The predicted molar refractivity (Wildman–Crippen MR) is 161 cm³/mol. The minimum atomic E-state index is -0.406. The lowest BCUT2D eigenvalue weighted by molar-refractivity contribution is -0.121. The SMILES string of the molecule is CCC(c1ccc(Oc2ccccc2N2C(=O)C=CC2=O)cc1)c1ccc(Oc2ccccc2N2C(=O)C=CC2=O)cc1. The molecule has 0 unspecified atom stereocenters. The highest BCUT2D eigenvalue weighted by Gasteiger charge is 2.29. The molecule has 2 heterocycles. The Balaban J connectivity index is 1.17. The van der Waals surface area contributed by atoms with Gasteiger partial charge in [-0.2, -0.15) is 0 Å². The zero-order valence-electron chi connectivity index (χ0n) is 23.2. The summed E-state index contributed by atoms with van der Waals surface area (Å²) in [6, 6.07) is 29.3. The van der Waals surface area contributed by atoms with Crippen molar-refractivity contribution in [3.05, 3.63) is 132 Å². The highest BCUT2D eigenvalue weighted by molar-refractivity contribution is 6.29. The summed E-state index contributed by atoms with van der Waals surface area (Å²) in [6.07, 6.45) is 5.82. The van der Waals surface area contributed by atoms with Crippen LogP contribution in [0, 0.1) is 0 Å². The van der Waals surface area contributed by atoms with Gasteiger partial charge in [-0.05, 0) is 66.1 Å². The molecule has 4 aromatic rings. The lowest BCUT2D eigenvalue weighted by Gasteiger charge is -2.20. The van der Waals surface area contributed by atoms with Crippen molar-refractivity contribution in [2.45, 2.75) is 19.3 Å². The topological polar surface area (TPSA) is 93.2 Å². The molecule has 4 amide bonds. The molecule has 43 heavy (non-hydrogen) atoms. The molecule has 0 aliphatic carbocycles. The molecule has 0 radical (unpaired) electrons. The minimum Gasteiger partial charge on any atom is -0.455 e. The van der Waals surface area contributed by atoms with Crippen molar-refractivity contribution in [1.29, 1.82) is 0 Å². The molecule has 0 spiro atoms. The number of rotatable bonds is 9. The molecule has 0 saturated carbocycles. The van der Waals surface area contributed by atoms with Gasteiger partial charge < -0.3 is 9.47 Å². The fourth-order valence-electron chi connectivity index (χ4n) is 5.19. The van der Waals surface area contributed by atoms with Crippen LogP contribution in [0.3, 0.4) is 0 Å². The average Bonchev–Trinajstić information content (AvgIpc) is 3.54. The molecule has 2 aliphatic rings. The molecule has 8 nitrogen and oxygen atoms in total. The molecule has 6 rings (SSSR count). The number of benzene rings is 4. The number of ether oxygens (including phenoxy) is 2. The van der Waals surface area contributed by atoms with Crippen molar-refractivity contribution in [2.24, 2.45) is 0 Å². The third-order valence-corrected chi connectivity index (χ3v) is 7.26. The van der Waals surface area contributed by atoms with Gasteiger partial charge in [0.2, 0.25) is 0 Å². The van der Waals surface area contributed by atoms with Gasteiger partial charge in [-0.3, -0.25) is 19.2 Å². The Bertz CT molecular complexity index is 1620. The van der Waals surface area contributed by atoms with Crippen LogP contribution in [0.15, 0.2) is 121 Å². The highest BCUT2D eigenvalue weighted by atomic mass is 16.5. The van der Waals surface area contributed by atoms with Crippen molar-refractivity contribution in [2.75, 3.05) is 9.80 Å². The second-order valence-corrected chi connectivity index (χ2v) is 9.93. The third kappa shape index (κ3) is 5.46. The maximum absolute atomic E-state index is 12.2. The Morgan fingerprint density at radius 2 is 0.860 bits per heavy atom. The summed E-state index contributed by atoms with van der Waals surface area (Å²) in [5, 5.41) is 0. The summed E-state index contributed by atoms with van der Waals surface area (Å²) in [6.45, 7) is 2.11. The maximum Gasteiger partial charge on any atom is 0.258 e. The van der Waals surface area contributed by atoms with E-state index in [-0.39, 0.29) is 5.92 Å². The fourth-order valence-corrected chi connectivity index (χ4v) is 5.19. The first kappa shape index (κ1) is 27.4. The normalized spacial score (nSPS) is 14.4. The van der Waals surface area contributed by atoms with E-state index in [2.05, 4.69) is 6.92 Å². The summed E-state index contributed by atoms with van der Waals surface area (Å²) in [4.78, 5) is 51.0. The summed E-state index contributed by atoms with van der Waals surface area (Å²) in [7, 11) is 0. The molecule has 0 aromatic heterocycles. The first-order valence-corrected chi connectivity index (χ1v) is 13.8. The van der Waals surface area contributed by atoms with Crippen molar-refractivity contribution in [3.8, 4) is 23.0 Å². The second kappa shape index (κ2) is 11.6. The van der Waals surface area contributed by atoms with Crippen LogP contribution < -0.4 is 19.3 Å². The van der Waals surface area contributed by atoms with Crippen LogP contribution in [-0.2, 0) is 19.2 Å². The Hall–Kier alpha value is -5.76. The molecule has 8 heteroatoms. The molecule has 0 atom stereocenters. The van der Waals surface area contributed by atoms with E-state index in [1.165, 1.54) is 24.3 Å². The summed E-state index contributed by atoms with van der Waals surface area (Å²) in [5.41, 5.74) is 2.96.